The lowest BCUT2D eigenvalue weighted by Gasteiger charge is -2.43. The summed E-state index contributed by atoms with van der Waals surface area (Å²) in [4.78, 5) is 22.0. The molecule has 1 unspecified atom stereocenters. The minimum atomic E-state index is -3.37. The third-order valence-electron chi connectivity index (χ3n) is 3.23. The molecule has 0 bridgehead atoms. The Hall–Kier alpha value is -1.00. The normalized spacial score (nSPS) is 22.1. The summed E-state index contributed by atoms with van der Waals surface area (Å²) < 4.78 is 10.9. The van der Waals surface area contributed by atoms with Gasteiger partial charge in [-0.25, -0.2) is 0 Å². The van der Waals surface area contributed by atoms with Gasteiger partial charge in [0.2, 0.25) is 7.94 Å². The van der Waals surface area contributed by atoms with Crippen molar-refractivity contribution in [1.82, 2.24) is 0 Å². The molecule has 2 rings (SSSR count). The summed E-state index contributed by atoms with van der Waals surface area (Å²) in [6, 6.07) is 9.19. The molecule has 1 aromatic carbocycles. The Morgan fingerprint density at radius 1 is 1.30 bits per heavy atom. The van der Waals surface area contributed by atoms with Crippen LogP contribution in [0.4, 0.5) is 0 Å². The smallest absolute Gasteiger partial charge is 0.317 e. The molecule has 1 aliphatic heterocycles. The van der Waals surface area contributed by atoms with Crippen LogP contribution < -0.4 is 0 Å². The fraction of sp³-hybridized carbons (Fsp3) is 0.500. The van der Waals surface area contributed by atoms with Gasteiger partial charge in [0, 0.05) is 5.41 Å². The third-order valence-corrected chi connectivity index (χ3v) is 5.42. The first-order valence-electron chi connectivity index (χ1n) is 6.50. The number of benzene rings is 1. The van der Waals surface area contributed by atoms with E-state index in [1.165, 1.54) is 0 Å². The SMILES string of the molecule is CC1(C)CO[P](O)(C(Cc2ccccc2)C(=O)O)OC1. The second-order valence-corrected chi connectivity index (χ2v) is 8.09. The molecular formula is C14H20O5P. The van der Waals surface area contributed by atoms with E-state index in [9.17, 15) is 14.8 Å². The maximum Gasteiger partial charge on any atom is 0.317 e. The first-order chi connectivity index (χ1) is 9.32. The highest BCUT2D eigenvalue weighted by atomic mass is 31.2. The van der Waals surface area contributed by atoms with Gasteiger partial charge in [0.25, 0.3) is 0 Å². The van der Waals surface area contributed by atoms with Gasteiger partial charge >= 0.3 is 5.97 Å². The highest BCUT2D eigenvalue weighted by Crippen LogP contribution is 2.65. The van der Waals surface area contributed by atoms with Gasteiger partial charge in [0.1, 0.15) is 5.66 Å². The van der Waals surface area contributed by atoms with Crippen molar-refractivity contribution >= 4 is 13.9 Å². The van der Waals surface area contributed by atoms with E-state index in [2.05, 4.69) is 0 Å². The molecule has 2 N–H and O–H groups in total. The van der Waals surface area contributed by atoms with E-state index < -0.39 is 19.6 Å². The Bertz CT molecular complexity index is 464. The second kappa shape index (κ2) is 5.78. The number of carboxylic acid groups (broad SMARTS) is 1. The van der Waals surface area contributed by atoms with E-state index in [-0.39, 0.29) is 11.8 Å². The van der Waals surface area contributed by atoms with Crippen LogP contribution in [0.25, 0.3) is 0 Å². The van der Waals surface area contributed by atoms with Crippen LogP contribution in [0.5, 0.6) is 0 Å². The summed E-state index contributed by atoms with van der Waals surface area (Å²) in [7, 11) is -3.37. The molecule has 0 amide bonds. The van der Waals surface area contributed by atoms with Crippen LogP contribution in [0.1, 0.15) is 19.4 Å². The molecule has 0 saturated carbocycles. The standard InChI is InChI=1S/C14H20O5P/c1-14(2)9-18-20(17,19-10-14)12(13(15)16)8-11-6-4-3-5-7-11/h3-7,12,17H,8-10H2,1-2H3,(H,15,16). The van der Waals surface area contributed by atoms with Gasteiger partial charge in [0.15, 0.2) is 0 Å². The molecule has 1 saturated heterocycles. The molecule has 1 atom stereocenters. The van der Waals surface area contributed by atoms with Gasteiger partial charge in [0.05, 0.1) is 13.2 Å². The van der Waals surface area contributed by atoms with Crippen LogP contribution in [0.3, 0.4) is 0 Å². The van der Waals surface area contributed by atoms with Crippen molar-refractivity contribution in [2.75, 3.05) is 13.2 Å². The van der Waals surface area contributed by atoms with Gasteiger partial charge in [-0.3, -0.25) is 4.79 Å². The van der Waals surface area contributed by atoms with E-state index >= 15 is 0 Å². The number of carboxylic acids is 1. The van der Waals surface area contributed by atoms with Crippen LogP contribution in [0.2, 0.25) is 0 Å². The zero-order valence-electron chi connectivity index (χ0n) is 11.7. The minimum Gasteiger partial charge on any atom is -0.481 e. The summed E-state index contributed by atoms with van der Waals surface area (Å²) in [6.45, 7) is 4.50. The predicted octanol–water partition coefficient (Wildman–Crippen LogP) is 2.51. The first-order valence-corrected chi connectivity index (χ1v) is 8.14. The molecule has 1 fully saturated rings. The van der Waals surface area contributed by atoms with Crippen molar-refractivity contribution in [2.45, 2.75) is 25.9 Å². The van der Waals surface area contributed by atoms with E-state index in [1.54, 1.807) is 0 Å². The lowest BCUT2D eigenvalue weighted by atomic mass is 9.97. The Labute approximate surface area is 119 Å². The third kappa shape index (κ3) is 3.55. The van der Waals surface area contributed by atoms with Crippen molar-refractivity contribution in [1.29, 1.82) is 0 Å². The fourth-order valence-corrected chi connectivity index (χ4v) is 4.20. The molecule has 6 heteroatoms. The van der Waals surface area contributed by atoms with Crippen LogP contribution in [0.15, 0.2) is 30.3 Å². The quantitative estimate of drug-likeness (QED) is 0.835. The summed E-state index contributed by atoms with van der Waals surface area (Å²) in [5, 5.41) is 9.39. The van der Waals surface area contributed by atoms with Crippen molar-refractivity contribution in [3.63, 3.8) is 0 Å². The van der Waals surface area contributed by atoms with Crippen molar-refractivity contribution < 1.29 is 23.8 Å². The number of carbonyl (C=O) groups is 1. The molecule has 111 valence electrons. The molecular weight excluding hydrogens is 279 g/mol. The Morgan fingerprint density at radius 3 is 2.35 bits per heavy atom. The lowest BCUT2D eigenvalue weighted by Crippen LogP contribution is -2.38. The lowest BCUT2D eigenvalue weighted by molar-refractivity contribution is -0.137. The maximum atomic E-state index is 11.5. The summed E-state index contributed by atoms with van der Waals surface area (Å²) in [5.74, 6) is -1.09. The van der Waals surface area contributed by atoms with Crippen LogP contribution >= 0.6 is 7.94 Å². The van der Waals surface area contributed by atoms with Gasteiger partial charge < -0.3 is 19.0 Å². The predicted molar refractivity (Wildman–Crippen MR) is 76.4 cm³/mol. The van der Waals surface area contributed by atoms with E-state index in [4.69, 9.17) is 9.05 Å². The van der Waals surface area contributed by atoms with Gasteiger partial charge in [-0.2, -0.15) is 0 Å². The zero-order chi connectivity index (χ0) is 14.8. The second-order valence-electron chi connectivity index (χ2n) is 5.82. The number of hydrogen-bond donors (Lipinski definition) is 2. The molecule has 1 heterocycles. The molecule has 1 radical (unpaired) electrons. The molecule has 0 aliphatic carbocycles. The fourth-order valence-electron chi connectivity index (χ4n) is 1.97. The Morgan fingerprint density at radius 2 is 1.85 bits per heavy atom. The summed E-state index contributed by atoms with van der Waals surface area (Å²) in [6.07, 6.45) is 0.195. The molecule has 0 spiro atoms. The Balaban J connectivity index is 2.15. The van der Waals surface area contributed by atoms with Crippen molar-refractivity contribution in [2.24, 2.45) is 5.41 Å². The number of hydrogen-bond acceptors (Lipinski definition) is 4. The van der Waals surface area contributed by atoms with Crippen LogP contribution in [-0.2, 0) is 20.3 Å². The van der Waals surface area contributed by atoms with Gasteiger partial charge in [-0.1, -0.05) is 44.2 Å². The highest BCUT2D eigenvalue weighted by molar-refractivity contribution is 7.62. The highest BCUT2D eigenvalue weighted by Gasteiger charge is 2.48. The molecule has 20 heavy (non-hydrogen) atoms. The van der Waals surface area contributed by atoms with Crippen LogP contribution in [0, 0.1) is 5.41 Å². The molecule has 1 aliphatic rings. The number of rotatable bonds is 4. The van der Waals surface area contributed by atoms with Crippen LogP contribution in [-0.4, -0.2) is 34.8 Å². The van der Waals surface area contributed by atoms with Crippen molar-refractivity contribution in [3.8, 4) is 0 Å². The summed E-state index contributed by atoms with van der Waals surface area (Å²) in [5.41, 5.74) is -0.423. The molecule has 0 aromatic heterocycles. The van der Waals surface area contributed by atoms with Crippen molar-refractivity contribution in [3.05, 3.63) is 35.9 Å². The Kier molecular flexibility index (Phi) is 4.45. The average molecular weight is 299 g/mol. The summed E-state index contributed by atoms with van der Waals surface area (Å²) >= 11 is 0. The van der Waals surface area contributed by atoms with E-state index in [0.29, 0.717) is 13.2 Å². The maximum absolute atomic E-state index is 11.5. The molecule has 5 nitrogen and oxygen atoms in total. The first kappa shape index (κ1) is 15.4. The van der Waals surface area contributed by atoms with E-state index in [0.717, 1.165) is 5.56 Å². The zero-order valence-corrected chi connectivity index (χ0v) is 12.5. The molecule has 1 aromatic rings. The number of aliphatic carboxylic acids is 1. The monoisotopic (exact) mass is 299 g/mol. The topological polar surface area (TPSA) is 76.0 Å². The van der Waals surface area contributed by atoms with Gasteiger partial charge in [-0.05, 0) is 12.0 Å². The average Bonchev–Trinajstić information content (AvgIpc) is 2.41. The van der Waals surface area contributed by atoms with Gasteiger partial charge in [-0.15, -0.1) is 0 Å². The minimum absolute atomic E-state index is 0.195. The van der Waals surface area contributed by atoms with E-state index in [1.807, 2.05) is 44.2 Å². The largest absolute Gasteiger partial charge is 0.481 e.